The zero-order chi connectivity index (χ0) is 28.0. The molecule has 1 aliphatic heterocycles. The van der Waals surface area contributed by atoms with Crippen LogP contribution in [0, 0.1) is 11.6 Å². The van der Waals surface area contributed by atoms with Gasteiger partial charge >= 0.3 is 12.0 Å². The molecule has 1 aliphatic rings. The molecule has 0 spiro atoms. The molecule has 0 aliphatic carbocycles. The number of benzene rings is 1. The van der Waals surface area contributed by atoms with Crippen LogP contribution in [0.15, 0.2) is 47.0 Å². The van der Waals surface area contributed by atoms with Gasteiger partial charge in [-0.1, -0.05) is 0 Å². The van der Waals surface area contributed by atoms with E-state index in [1.165, 1.54) is 30.5 Å². The summed E-state index contributed by atoms with van der Waals surface area (Å²) in [4.78, 5) is 31.1. The largest absolute Gasteiger partial charge is 0.493 e. The number of nitrogens with zero attached hydrogens (tertiary/aromatic N) is 3. The maximum atomic E-state index is 14.8. The zero-order valence-corrected chi connectivity index (χ0v) is 21.6. The molecule has 1 unspecified atom stereocenters. The number of aromatic nitrogens is 2. The van der Waals surface area contributed by atoms with Gasteiger partial charge in [0.25, 0.3) is 0 Å². The van der Waals surface area contributed by atoms with Crippen molar-refractivity contribution in [1.82, 2.24) is 15.3 Å². The van der Waals surface area contributed by atoms with Gasteiger partial charge in [0.1, 0.15) is 29.0 Å². The molecule has 2 aromatic heterocycles. The van der Waals surface area contributed by atoms with Gasteiger partial charge in [-0.25, -0.2) is 22.8 Å². The molecule has 3 heterocycles. The number of fused-ring (bicyclic) bond motifs is 6. The van der Waals surface area contributed by atoms with Crippen LogP contribution in [0.3, 0.4) is 0 Å². The van der Waals surface area contributed by atoms with Crippen LogP contribution in [0.5, 0.6) is 11.6 Å². The van der Waals surface area contributed by atoms with Gasteiger partial charge in [0, 0.05) is 42.5 Å². The van der Waals surface area contributed by atoms with Gasteiger partial charge in [-0.2, -0.15) is 4.98 Å². The van der Waals surface area contributed by atoms with Gasteiger partial charge in [0.2, 0.25) is 5.88 Å². The molecule has 11 nitrogen and oxygen atoms in total. The number of carboxylic acid groups (broad SMARTS) is 1. The number of halogens is 2. The van der Waals surface area contributed by atoms with Crippen LogP contribution in [-0.2, 0) is 20.3 Å². The van der Waals surface area contributed by atoms with Crippen LogP contribution in [0.25, 0.3) is 11.1 Å². The summed E-state index contributed by atoms with van der Waals surface area (Å²) in [6.45, 7) is 0.181. The zero-order valence-electron chi connectivity index (χ0n) is 20.8. The highest BCUT2D eigenvalue weighted by molar-refractivity contribution is 7.92. The van der Waals surface area contributed by atoms with Crippen molar-refractivity contribution >= 4 is 33.4 Å². The van der Waals surface area contributed by atoms with E-state index in [4.69, 9.17) is 14.6 Å². The topological polar surface area (TPSA) is 152 Å². The number of urea groups is 1. The van der Waals surface area contributed by atoms with Crippen molar-refractivity contribution in [3.05, 3.63) is 59.8 Å². The first-order chi connectivity index (χ1) is 18.6. The summed E-state index contributed by atoms with van der Waals surface area (Å²) in [6, 6.07) is 7.47. The molecule has 14 heteroatoms. The summed E-state index contributed by atoms with van der Waals surface area (Å²) >= 11 is 0. The van der Waals surface area contributed by atoms with E-state index in [9.17, 15) is 22.6 Å². The quantitative estimate of drug-likeness (QED) is 0.418. The predicted octanol–water partition coefficient (Wildman–Crippen LogP) is 4.11. The number of nitrogens with one attached hydrogen (secondary N) is 2. The number of pyridine rings is 2. The highest BCUT2D eigenvalue weighted by Gasteiger charge is 2.17. The Hall–Kier alpha value is -4.33. The van der Waals surface area contributed by atoms with E-state index in [0.29, 0.717) is 17.5 Å². The van der Waals surface area contributed by atoms with E-state index < -0.39 is 33.4 Å². The van der Waals surface area contributed by atoms with E-state index in [1.807, 2.05) is 0 Å². The second-order valence-electron chi connectivity index (χ2n) is 8.63. The van der Waals surface area contributed by atoms with Gasteiger partial charge in [-0.15, -0.1) is 4.36 Å². The van der Waals surface area contributed by atoms with Gasteiger partial charge in [-0.05, 0) is 29.8 Å². The molecule has 0 radical (unpaired) electrons. The minimum absolute atomic E-state index is 0.136. The lowest BCUT2D eigenvalue weighted by molar-refractivity contribution is -0.136. The summed E-state index contributed by atoms with van der Waals surface area (Å²) in [7, 11) is -3.07. The number of amides is 2. The molecule has 3 aromatic rings. The monoisotopic (exact) mass is 561 g/mol. The van der Waals surface area contributed by atoms with Gasteiger partial charge in [0.15, 0.2) is 0 Å². The normalized spacial score (nSPS) is 14.2. The van der Waals surface area contributed by atoms with Crippen molar-refractivity contribution in [2.24, 2.45) is 4.36 Å². The number of ether oxygens (including phenoxy) is 2. The van der Waals surface area contributed by atoms with E-state index in [0.717, 1.165) is 6.20 Å². The molecule has 2 amide bonds. The van der Waals surface area contributed by atoms with Crippen LogP contribution in [0.4, 0.5) is 25.2 Å². The summed E-state index contributed by atoms with van der Waals surface area (Å²) in [5.74, 6) is -1.56. The summed E-state index contributed by atoms with van der Waals surface area (Å²) in [5.41, 5.74) is 0.953. The fourth-order valence-electron chi connectivity index (χ4n) is 3.71. The number of hydrogen-bond donors (Lipinski definition) is 3. The second kappa shape index (κ2) is 12.0. The van der Waals surface area contributed by atoms with Crippen molar-refractivity contribution < 1.29 is 37.2 Å². The van der Waals surface area contributed by atoms with Crippen LogP contribution in [-0.4, -0.2) is 57.3 Å². The van der Waals surface area contributed by atoms with Crippen molar-refractivity contribution in [3.63, 3.8) is 0 Å². The lowest BCUT2D eigenvalue weighted by Gasteiger charge is -2.16. The highest BCUT2D eigenvalue weighted by Crippen LogP contribution is 2.34. The standard InChI is InChI=1S/C25H25F2N5O6S/c1-39(36,32-25(35)28-6-5-24(33)34)14-15-9-22-30-21-12-18(19(27)13-29-21)17-4-3-16(26)11-20(17)37-7-2-8-38-23(10-15)31-22/h3-4,9-13H,2,5-8,14H2,1H3,(H,28,35)(H,33,34)(H,29,30,31). The Kier molecular flexibility index (Phi) is 8.54. The summed E-state index contributed by atoms with van der Waals surface area (Å²) in [6.07, 6.45) is 2.41. The Morgan fingerprint density at radius 1 is 1.13 bits per heavy atom. The third-order valence-corrected chi connectivity index (χ3v) is 6.75. The molecule has 3 N–H and O–H groups in total. The van der Waals surface area contributed by atoms with Crippen LogP contribution in [0.2, 0.25) is 0 Å². The number of carbonyl (C=O) groups is 2. The lowest BCUT2D eigenvalue weighted by Crippen LogP contribution is -2.24. The fourth-order valence-corrected chi connectivity index (χ4v) is 4.97. The molecule has 1 aromatic carbocycles. The number of aliphatic carboxylic acids is 1. The van der Waals surface area contributed by atoms with E-state index >= 15 is 0 Å². The molecule has 39 heavy (non-hydrogen) atoms. The maximum Gasteiger partial charge on any atom is 0.349 e. The number of rotatable bonds is 5. The van der Waals surface area contributed by atoms with E-state index in [2.05, 4.69) is 25.0 Å². The third-order valence-electron chi connectivity index (χ3n) is 5.33. The molecule has 0 fully saturated rings. The molecular formula is C25H25F2N5O6S. The second-order valence-corrected chi connectivity index (χ2v) is 11.0. The molecular weight excluding hydrogens is 536 g/mol. The maximum absolute atomic E-state index is 14.8. The summed E-state index contributed by atoms with van der Waals surface area (Å²) < 4.78 is 56.9. The molecule has 4 rings (SSSR count). The molecule has 1 atom stereocenters. The molecule has 0 saturated carbocycles. The smallest absolute Gasteiger partial charge is 0.349 e. The minimum Gasteiger partial charge on any atom is -0.493 e. The van der Waals surface area contributed by atoms with Crippen LogP contribution < -0.4 is 20.1 Å². The first-order valence-corrected chi connectivity index (χ1v) is 13.9. The molecule has 0 saturated heterocycles. The fraction of sp³-hybridized carbons (Fsp3) is 0.280. The van der Waals surface area contributed by atoms with Crippen molar-refractivity contribution in [2.45, 2.75) is 18.6 Å². The van der Waals surface area contributed by atoms with Crippen LogP contribution in [0.1, 0.15) is 18.4 Å². The Labute approximate surface area is 222 Å². The average molecular weight is 562 g/mol. The minimum atomic E-state index is -3.07. The number of hydrogen-bond acceptors (Lipinski definition) is 8. The third kappa shape index (κ3) is 7.83. The highest BCUT2D eigenvalue weighted by atomic mass is 32.2. The summed E-state index contributed by atoms with van der Waals surface area (Å²) in [5, 5.41) is 13.9. The van der Waals surface area contributed by atoms with E-state index in [1.54, 1.807) is 12.1 Å². The lowest BCUT2D eigenvalue weighted by atomic mass is 10.0. The predicted molar refractivity (Wildman–Crippen MR) is 139 cm³/mol. The number of anilines is 2. The van der Waals surface area contributed by atoms with Crippen molar-refractivity contribution in [2.75, 3.05) is 31.3 Å². The Bertz CT molecular complexity index is 1530. The van der Waals surface area contributed by atoms with Gasteiger partial charge < -0.3 is 25.2 Å². The average Bonchev–Trinajstić information content (AvgIpc) is 2.84. The van der Waals surface area contributed by atoms with Gasteiger partial charge in [-0.3, -0.25) is 4.79 Å². The first-order valence-electron chi connectivity index (χ1n) is 11.8. The number of carbonyl (C=O) groups excluding carboxylic acids is 1. The van der Waals surface area contributed by atoms with Crippen molar-refractivity contribution in [1.29, 1.82) is 0 Å². The molecule has 206 valence electrons. The number of carboxylic acids is 1. The Morgan fingerprint density at radius 3 is 2.72 bits per heavy atom. The Morgan fingerprint density at radius 2 is 1.92 bits per heavy atom. The Balaban J connectivity index is 1.65. The SMILES string of the molecule is CS(=O)(Cc1cc2nc(c1)OCCCOc1cc(F)ccc1-c1cc(ncc1F)N2)=NC(=O)NCCC(=O)O. The van der Waals surface area contributed by atoms with Gasteiger partial charge in [0.05, 0.1) is 41.3 Å². The van der Waals surface area contributed by atoms with Crippen LogP contribution >= 0.6 is 0 Å². The first kappa shape index (κ1) is 27.7. The van der Waals surface area contributed by atoms with Crippen molar-refractivity contribution in [3.8, 4) is 22.8 Å². The van der Waals surface area contributed by atoms with E-state index in [-0.39, 0.29) is 60.8 Å². The molecule has 4 bridgehead atoms.